The first-order valence-electron chi connectivity index (χ1n) is 6.78. The standard InChI is InChI=1S/C14H19Cl2N3O/c1-2-18-6-8-19(9-7-18)10-13(20)17-14-11(15)4-3-5-12(14)16/h3-5H,2,6-10H2,1H3,(H,17,20). The van der Waals surface area contributed by atoms with Crippen molar-refractivity contribution >= 4 is 34.8 Å². The second-order valence-corrected chi connectivity index (χ2v) is 5.67. The smallest absolute Gasteiger partial charge is 0.238 e. The van der Waals surface area contributed by atoms with Gasteiger partial charge in [-0.2, -0.15) is 0 Å². The minimum Gasteiger partial charge on any atom is -0.322 e. The van der Waals surface area contributed by atoms with Gasteiger partial charge in [0.1, 0.15) is 0 Å². The number of rotatable bonds is 4. The molecule has 1 aromatic carbocycles. The summed E-state index contributed by atoms with van der Waals surface area (Å²) in [5, 5.41) is 3.71. The van der Waals surface area contributed by atoms with Crippen molar-refractivity contribution in [2.75, 3.05) is 44.6 Å². The average molecular weight is 316 g/mol. The van der Waals surface area contributed by atoms with E-state index in [2.05, 4.69) is 22.0 Å². The summed E-state index contributed by atoms with van der Waals surface area (Å²) in [7, 11) is 0. The Hall–Kier alpha value is -0.810. The number of nitrogens with one attached hydrogen (secondary N) is 1. The van der Waals surface area contributed by atoms with Gasteiger partial charge in [-0.1, -0.05) is 36.2 Å². The molecule has 1 aliphatic heterocycles. The van der Waals surface area contributed by atoms with E-state index in [1.54, 1.807) is 18.2 Å². The molecule has 0 atom stereocenters. The second-order valence-electron chi connectivity index (χ2n) is 4.86. The molecule has 0 aromatic heterocycles. The summed E-state index contributed by atoms with van der Waals surface area (Å²) in [6, 6.07) is 5.18. The predicted octanol–water partition coefficient (Wildman–Crippen LogP) is 2.57. The number of nitrogens with zero attached hydrogens (tertiary/aromatic N) is 2. The SMILES string of the molecule is CCN1CCN(CC(=O)Nc2c(Cl)cccc2Cl)CC1. The molecule has 2 rings (SSSR count). The highest BCUT2D eigenvalue weighted by Crippen LogP contribution is 2.29. The quantitative estimate of drug-likeness (QED) is 0.927. The van der Waals surface area contributed by atoms with E-state index in [4.69, 9.17) is 23.2 Å². The molecule has 6 heteroatoms. The van der Waals surface area contributed by atoms with Crippen molar-refractivity contribution in [1.82, 2.24) is 9.80 Å². The highest BCUT2D eigenvalue weighted by atomic mass is 35.5. The fourth-order valence-electron chi connectivity index (χ4n) is 2.26. The molecule has 0 radical (unpaired) electrons. The Labute approximate surface area is 129 Å². The molecule has 20 heavy (non-hydrogen) atoms. The maximum Gasteiger partial charge on any atom is 0.238 e. The lowest BCUT2D eigenvalue weighted by Gasteiger charge is -2.33. The van der Waals surface area contributed by atoms with E-state index >= 15 is 0 Å². The van der Waals surface area contributed by atoms with E-state index in [0.29, 0.717) is 22.3 Å². The molecule has 1 fully saturated rings. The number of carbonyl (C=O) groups excluding carboxylic acids is 1. The number of amides is 1. The van der Waals surface area contributed by atoms with Gasteiger partial charge in [-0.25, -0.2) is 0 Å². The number of benzene rings is 1. The zero-order valence-corrected chi connectivity index (χ0v) is 13.0. The lowest BCUT2D eigenvalue weighted by Crippen LogP contribution is -2.48. The first-order chi connectivity index (χ1) is 9.60. The molecule has 0 aliphatic carbocycles. The van der Waals surface area contributed by atoms with Gasteiger partial charge in [-0.15, -0.1) is 0 Å². The molecule has 0 saturated carbocycles. The monoisotopic (exact) mass is 315 g/mol. The molecule has 1 aliphatic rings. The summed E-state index contributed by atoms with van der Waals surface area (Å²) < 4.78 is 0. The minimum atomic E-state index is -0.0788. The first kappa shape index (κ1) is 15.6. The highest BCUT2D eigenvalue weighted by Gasteiger charge is 2.18. The van der Waals surface area contributed by atoms with Crippen molar-refractivity contribution in [1.29, 1.82) is 0 Å². The first-order valence-corrected chi connectivity index (χ1v) is 7.54. The number of piperazine rings is 1. The van der Waals surface area contributed by atoms with Crippen LogP contribution in [0, 0.1) is 0 Å². The molecule has 1 N–H and O–H groups in total. The topological polar surface area (TPSA) is 35.6 Å². The Morgan fingerprint density at radius 1 is 1.15 bits per heavy atom. The van der Waals surface area contributed by atoms with Gasteiger partial charge < -0.3 is 10.2 Å². The Morgan fingerprint density at radius 3 is 2.25 bits per heavy atom. The average Bonchev–Trinajstić information content (AvgIpc) is 2.44. The van der Waals surface area contributed by atoms with Crippen LogP contribution < -0.4 is 5.32 Å². The third-order valence-corrected chi connectivity index (χ3v) is 4.14. The Morgan fingerprint density at radius 2 is 1.70 bits per heavy atom. The lowest BCUT2D eigenvalue weighted by molar-refractivity contribution is -0.117. The van der Waals surface area contributed by atoms with E-state index < -0.39 is 0 Å². The summed E-state index contributed by atoms with van der Waals surface area (Å²) in [5.74, 6) is -0.0788. The summed E-state index contributed by atoms with van der Waals surface area (Å²) in [6.45, 7) is 7.44. The van der Waals surface area contributed by atoms with Crippen molar-refractivity contribution in [3.05, 3.63) is 28.2 Å². The molecule has 0 bridgehead atoms. The van der Waals surface area contributed by atoms with Crippen LogP contribution in [0.2, 0.25) is 10.0 Å². The molecule has 4 nitrogen and oxygen atoms in total. The van der Waals surface area contributed by atoms with E-state index in [0.717, 1.165) is 32.7 Å². The summed E-state index contributed by atoms with van der Waals surface area (Å²) in [5.41, 5.74) is 0.494. The van der Waals surface area contributed by atoms with Crippen molar-refractivity contribution in [3.8, 4) is 0 Å². The number of likely N-dealkylation sites (N-methyl/N-ethyl adjacent to an activating group) is 1. The zero-order chi connectivity index (χ0) is 14.5. The van der Waals surface area contributed by atoms with Crippen LogP contribution in [-0.4, -0.2) is 55.0 Å². The van der Waals surface area contributed by atoms with Gasteiger partial charge in [0.05, 0.1) is 22.3 Å². The molecular weight excluding hydrogens is 297 g/mol. The zero-order valence-electron chi connectivity index (χ0n) is 11.5. The fraction of sp³-hybridized carbons (Fsp3) is 0.500. The lowest BCUT2D eigenvalue weighted by atomic mass is 10.3. The van der Waals surface area contributed by atoms with Gasteiger partial charge >= 0.3 is 0 Å². The third kappa shape index (κ3) is 4.09. The van der Waals surface area contributed by atoms with Crippen molar-refractivity contribution in [3.63, 3.8) is 0 Å². The van der Waals surface area contributed by atoms with Gasteiger partial charge in [0, 0.05) is 26.2 Å². The number of anilines is 1. The number of carbonyl (C=O) groups is 1. The second kappa shape index (κ2) is 7.27. The summed E-state index contributed by atoms with van der Waals surface area (Å²) in [4.78, 5) is 16.6. The Kier molecular flexibility index (Phi) is 5.66. The normalized spacial score (nSPS) is 17.1. The largest absolute Gasteiger partial charge is 0.322 e. The molecule has 0 spiro atoms. The third-order valence-electron chi connectivity index (χ3n) is 3.51. The number of hydrogen-bond donors (Lipinski definition) is 1. The van der Waals surface area contributed by atoms with E-state index in [1.165, 1.54) is 0 Å². The number of halogens is 2. The number of hydrogen-bond acceptors (Lipinski definition) is 3. The molecular formula is C14H19Cl2N3O. The molecule has 0 unspecified atom stereocenters. The van der Waals surface area contributed by atoms with Gasteiger partial charge in [0.25, 0.3) is 0 Å². The van der Waals surface area contributed by atoms with Crippen LogP contribution in [0.3, 0.4) is 0 Å². The van der Waals surface area contributed by atoms with E-state index in [-0.39, 0.29) is 5.91 Å². The van der Waals surface area contributed by atoms with Gasteiger partial charge in [0.2, 0.25) is 5.91 Å². The maximum absolute atomic E-state index is 12.1. The highest BCUT2D eigenvalue weighted by molar-refractivity contribution is 6.39. The molecule has 1 heterocycles. The van der Waals surface area contributed by atoms with Crippen LogP contribution in [0.15, 0.2) is 18.2 Å². The van der Waals surface area contributed by atoms with Crippen LogP contribution in [0.1, 0.15) is 6.92 Å². The van der Waals surface area contributed by atoms with Crippen molar-refractivity contribution < 1.29 is 4.79 Å². The van der Waals surface area contributed by atoms with Gasteiger partial charge in [-0.3, -0.25) is 9.69 Å². The predicted molar refractivity (Wildman–Crippen MR) is 83.6 cm³/mol. The van der Waals surface area contributed by atoms with Crippen molar-refractivity contribution in [2.45, 2.75) is 6.92 Å². The van der Waals surface area contributed by atoms with E-state index in [9.17, 15) is 4.79 Å². The molecule has 1 amide bonds. The Bertz CT molecular complexity index is 453. The van der Waals surface area contributed by atoms with Crippen molar-refractivity contribution in [2.24, 2.45) is 0 Å². The summed E-state index contributed by atoms with van der Waals surface area (Å²) >= 11 is 12.1. The van der Waals surface area contributed by atoms with E-state index in [1.807, 2.05) is 0 Å². The van der Waals surface area contributed by atoms with Crippen LogP contribution in [-0.2, 0) is 4.79 Å². The minimum absolute atomic E-state index is 0.0788. The molecule has 110 valence electrons. The van der Waals surface area contributed by atoms with Gasteiger partial charge in [0.15, 0.2) is 0 Å². The fourth-order valence-corrected chi connectivity index (χ4v) is 2.75. The molecule has 1 saturated heterocycles. The van der Waals surface area contributed by atoms with Crippen LogP contribution in [0.5, 0.6) is 0 Å². The molecule has 1 aromatic rings. The maximum atomic E-state index is 12.1. The van der Waals surface area contributed by atoms with Crippen LogP contribution >= 0.6 is 23.2 Å². The van der Waals surface area contributed by atoms with Crippen LogP contribution in [0.25, 0.3) is 0 Å². The summed E-state index contributed by atoms with van der Waals surface area (Å²) in [6.07, 6.45) is 0. The van der Waals surface area contributed by atoms with Gasteiger partial charge in [-0.05, 0) is 18.7 Å². The van der Waals surface area contributed by atoms with Crippen LogP contribution in [0.4, 0.5) is 5.69 Å². The Balaban J connectivity index is 1.87. The number of para-hydroxylation sites is 1.